The first-order valence-electron chi connectivity index (χ1n) is 5.85. The van der Waals surface area contributed by atoms with Crippen LogP contribution in [-0.2, 0) is 19.3 Å². The van der Waals surface area contributed by atoms with Crippen LogP contribution in [0.3, 0.4) is 0 Å². The van der Waals surface area contributed by atoms with Crippen LogP contribution in [0.15, 0.2) is 29.4 Å². The molecule has 0 amide bonds. The second-order valence-corrected chi connectivity index (χ2v) is 4.88. The van der Waals surface area contributed by atoms with Gasteiger partial charge in [0, 0.05) is 18.4 Å². The van der Waals surface area contributed by atoms with Gasteiger partial charge in [-0.2, -0.15) is 8.78 Å². The number of thioether (sulfide) groups is 1. The number of nitrogens with zero attached hydrogens (tertiary/aromatic N) is 3. The molecule has 0 spiro atoms. The Morgan fingerprint density at radius 3 is 2.67 bits per heavy atom. The van der Waals surface area contributed by atoms with Gasteiger partial charge in [0.05, 0.1) is 6.54 Å². The SMILES string of the molecule is Cl.Cn1c(CN)nnc1SCc1ccccc1OC(F)F. The van der Waals surface area contributed by atoms with Crippen molar-refractivity contribution in [3.63, 3.8) is 0 Å². The standard InChI is InChI=1S/C12H14F2N4OS.ClH/c1-18-10(6-15)16-17-12(18)20-7-8-4-2-3-5-9(8)19-11(13)14;/h2-5,11H,6-7,15H2,1H3;1H. The highest BCUT2D eigenvalue weighted by Gasteiger charge is 2.12. The Labute approximate surface area is 131 Å². The summed E-state index contributed by atoms with van der Waals surface area (Å²) in [5.74, 6) is 1.31. The molecule has 1 heterocycles. The minimum Gasteiger partial charge on any atom is -0.435 e. The molecule has 0 radical (unpaired) electrons. The van der Waals surface area contributed by atoms with Crippen LogP contribution in [0.5, 0.6) is 5.75 Å². The lowest BCUT2D eigenvalue weighted by Gasteiger charge is -2.10. The number of hydrogen-bond donors (Lipinski definition) is 1. The Morgan fingerprint density at radius 2 is 2.05 bits per heavy atom. The van der Waals surface area contributed by atoms with E-state index in [1.165, 1.54) is 17.8 Å². The Bertz CT molecular complexity index is 582. The first-order chi connectivity index (χ1) is 9.61. The number of para-hydroxylation sites is 1. The van der Waals surface area contributed by atoms with E-state index in [9.17, 15) is 8.78 Å². The number of benzene rings is 1. The van der Waals surface area contributed by atoms with E-state index in [0.717, 1.165) is 0 Å². The molecule has 0 aliphatic heterocycles. The minimum absolute atomic E-state index is 0. The number of rotatable bonds is 6. The molecule has 0 bridgehead atoms. The predicted octanol–water partition coefficient (Wildman–Crippen LogP) is 2.59. The zero-order valence-electron chi connectivity index (χ0n) is 11.2. The maximum absolute atomic E-state index is 12.3. The quantitative estimate of drug-likeness (QED) is 0.821. The first kappa shape index (κ1) is 17.7. The van der Waals surface area contributed by atoms with E-state index >= 15 is 0 Å². The molecular formula is C12H15ClF2N4OS. The fourth-order valence-electron chi connectivity index (χ4n) is 1.62. The molecule has 1 aromatic carbocycles. The fraction of sp³-hybridized carbons (Fsp3) is 0.333. The highest BCUT2D eigenvalue weighted by molar-refractivity contribution is 7.98. The first-order valence-corrected chi connectivity index (χ1v) is 6.84. The van der Waals surface area contributed by atoms with Crippen LogP contribution >= 0.6 is 24.2 Å². The summed E-state index contributed by atoms with van der Waals surface area (Å²) in [4.78, 5) is 0. The van der Waals surface area contributed by atoms with Crippen LogP contribution < -0.4 is 10.5 Å². The van der Waals surface area contributed by atoms with Crippen LogP contribution in [-0.4, -0.2) is 21.4 Å². The summed E-state index contributed by atoms with van der Waals surface area (Å²) < 4.78 is 30.9. The molecule has 2 aromatic rings. The van der Waals surface area contributed by atoms with Gasteiger partial charge in [-0.15, -0.1) is 22.6 Å². The third-order valence-corrected chi connectivity index (χ3v) is 3.72. The molecule has 5 nitrogen and oxygen atoms in total. The molecule has 2 N–H and O–H groups in total. The van der Waals surface area contributed by atoms with E-state index in [-0.39, 0.29) is 18.2 Å². The molecular weight excluding hydrogens is 322 g/mol. The zero-order valence-corrected chi connectivity index (χ0v) is 12.8. The van der Waals surface area contributed by atoms with Gasteiger partial charge in [0.15, 0.2) is 5.16 Å². The van der Waals surface area contributed by atoms with Crippen LogP contribution in [0.25, 0.3) is 0 Å². The van der Waals surface area contributed by atoms with Gasteiger partial charge < -0.3 is 15.0 Å². The molecule has 0 aliphatic carbocycles. The fourth-order valence-corrected chi connectivity index (χ4v) is 2.55. The predicted molar refractivity (Wildman–Crippen MR) is 78.8 cm³/mol. The van der Waals surface area contributed by atoms with Gasteiger partial charge in [0.1, 0.15) is 11.6 Å². The van der Waals surface area contributed by atoms with Gasteiger partial charge in [-0.3, -0.25) is 0 Å². The van der Waals surface area contributed by atoms with Crippen molar-refractivity contribution in [3.8, 4) is 5.75 Å². The van der Waals surface area contributed by atoms with Gasteiger partial charge in [0.2, 0.25) is 0 Å². The molecule has 0 saturated heterocycles. The van der Waals surface area contributed by atoms with E-state index in [1.807, 2.05) is 7.05 Å². The Morgan fingerprint density at radius 1 is 1.33 bits per heavy atom. The largest absolute Gasteiger partial charge is 0.435 e. The second-order valence-electron chi connectivity index (χ2n) is 3.94. The van der Waals surface area contributed by atoms with Crippen molar-refractivity contribution in [2.45, 2.75) is 24.1 Å². The third-order valence-electron chi connectivity index (χ3n) is 2.65. The average Bonchev–Trinajstić information content (AvgIpc) is 2.78. The van der Waals surface area contributed by atoms with Crippen molar-refractivity contribution >= 4 is 24.2 Å². The van der Waals surface area contributed by atoms with Crippen LogP contribution in [0.2, 0.25) is 0 Å². The monoisotopic (exact) mass is 336 g/mol. The van der Waals surface area contributed by atoms with Crippen molar-refractivity contribution in [2.24, 2.45) is 12.8 Å². The van der Waals surface area contributed by atoms with Crippen molar-refractivity contribution in [2.75, 3.05) is 0 Å². The average molecular weight is 337 g/mol. The van der Waals surface area contributed by atoms with E-state index in [4.69, 9.17) is 5.73 Å². The summed E-state index contributed by atoms with van der Waals surface area (Å²) in [7, 11) is 1.81. The van der Waals surface area contributed by atoms with Crippen molar-refractivity contribution in [1.82, 2.24) is 14.8 Å². The number of hydrogen-bond acceptors (Lipinski definition) is 5. The zero-order chi connectivity index (χ0) is 14.5. The number of ether oxygens (including phenoxy) is 1. The lowest BCUT2D eigenvalue weighted by Crippen LogP contribution is -2.05. The molecule has 0 aliphatic rings. The van der Waals surface area contributed by atoms with Gasteiger partial charge >= 0.3 is 6.61 Å². The van der Waals surface area contributed by atoms with E-state index < -0.39 is 6.61 Å². The Balaban J connectivity index is 0.00000220. The summed E-state index contributed by atoms with van der Waals surface area (Å²) in [6, 6.07) is 6.69. The van der Waals surface area contributed by atoms with Gasteiger partial charge in [-0.25, -0.2) is 0 Å². The van der Waals surface area contributed by atoms with E-state index in [1.54, 1.807) is 22.8 Å². The topological polar surface area (TPSA) is 66.0 Å². The maximum Gasteiger partial charge on any atom is 0.387 e. The smallest absolute Gasteiger partial charge is 0.387 e. The van der Waals surface area contributed by atoms with Crippen molar-refractivity contribution in [1.29, 1.82) is 0 Å². The molecule has 1 aromatic heterocycles. The van der Waals surface area contributed by atoms with Crippen LogP contribution in [0.4, 0.5) is 8.78 Å². The summed E-state index contributed by atoms with van der Waals surface area (Å²) in [6.45, 7) is -2.53. The van der Waals surface area contributed by atoms with Crippen molar-refractivity contribution < 1.29 is 13.5 Å². The molecule has 116 valence electrons. The highest BCUT2D eigenvalue weighted by atomic mass is 35.5. The number of aromatic nitrogens is 3. The minimum atomic E-state index is -2.83. The number of alkyl halides is 2. The summed E-state index contributed by atoms with van der Waals surface area (Å²) in [5.41, 5.74) is 6.19. The molecule has 0 saturated carbocycles. The molecule has 0 unspecified atom stereocenters. The lowest BCUT2D eigenvalue weighted by molar-refractivity contribution is -0.0503. The number of halogens is 3. The maximum atomic E-state index is 12.3. The van der Waals surface area contributed by atoms with E-state index in [0.29, 0.717) is 28.8 Å². The third kappa shape index (κ3) is 4.55. The summed E-state index contributed by atoms with van der Waals surface area (Å²) >= 11 is 1.39. The molecule has 0 fully saturated rings. The van der Waals surface area contributed by atoms with Crippen LogP contribution in [0.1, 0.15) is 11.4 Å². The van der Waals surface area contributed by atoms with Gasteiger partial charge in [-0.1, -0.05) is 30.0 Å². The highest BCUT2D eigenvalue weighted by Crippen LogP contribution is 2.27. The lowest BCUT2D eigenvalue weighted by atomic mass is 10.2. The second kappa shape index (κ2) is 8.16. The number of nitrogens with two attached hydrogens (primary N) is 1. The Kier molecular flexibility index (Phi) is 6.86. The van der Waals surface area contributed by atoms with Gasteiger partial charge in [-0.05, 0) is 6.07 Å². The normalized spacial score (nSPS) is 10.5. The van der Waals surface area contributed by atoms with Gasteiger partial charge in [0.25, 0.3) is 0 Å². The molecule has 9 heteroatoms. The molecule has 21 heavy (non-hydrogen) atoms. The van der Waals surface area contributed by atoms with Crippen LogP contribution in [0, 0.1) is 0 Å². The Hall–Kier alpha value is -1.38. The summed E-state index contributed by atoms with van der Waals surface area (Å²) in [5, 5.41) is 8.61. The molecule has 2 rings (SSSR count). The molecule has 0 atom stereocenters. The summed E-state index contributed by atoms with van der Waals surface area (Å²) in [6.07, 6.45) is 0. The van der Waals surface area contributed by atoms with Crippen molar-refractivity contribution in [3.05, 3.63) is 35.7 Å². The van der Waals surface area contributed by atoms with E-state index in [2.05, 4.69) is 14.9 Å².